The van der Waals surface area contributed by atoms with Crippen LogP contribution >= 0.6 is 0 Å². The van der Waals surface area contributed by atoms with E-state index in [-0.39, 0.29) is 0 Å². The van der Waals surface area contributed by atoms with Gasteiger partial charge in [-0.05, 0) is 48.6 Å². The van der Waals surface area contributed by atoms with Crippen molar-refractivity contribution in [1.29, 1.82) is 0 Å². The highest BCUT2D eigenvalue weighted by atomic mass is 14.7. The van der Waals surface area contributed by atoms with Crippen LogP contribution in [0, 0.1) is 0 Å². The number of nitrogens with two attached hydrogens (primary N) is 1. The number of aromatic nitrogens is 1. The summed E-state index contributed by atoms with van der Waals surface area (Å²) in [6.45, 7) is 0. The van der Waals surface area contributed by atoms with Gasteiger partial charge in [0.15, 0.2) is 0 Å². The Balaban J connectivity index is 2.04. The first-order valence-electron chi connectivity index (χ1n) is 5.09. The van der Waals surface area contributed by atoms with Crippen LogP contribution in [0.3, 0.4) is 0 Å². The first-order chi connectivity index (χ1) is 6.36. The lowest BCUT2D eigenvalue weighted by molar-refractivity contribution is 1.04. The molecular formula is C11H14N2. The molecule has 0 amide bonds. The van der Waals surface area contributed by atoms with E-state index in [0.717, 1.165) is 17.5 Å². The Bertz CT molecular complexity index is 308. The third-order valence-electron chi connectivity index (χ3n) is 3.08. The summed E-state index contributed by atoms with van der Waals surface area (Å²) in [5.74, 6) is 1.46. The predicted octanol–water partition coefficient (Wildman–Crippen LogP) is 2.42. The molecule has 0 bridgehead atoms. The van der Waals surface area contributed by atoms with Gasteiger partial charge in [0.1, 0.15) is 0 Å². The zero-order valence-corrected chi connectivity index (χ0v) is 7.66. The maximum Gasteiger partial charge on any atom is 0.0415 e. The van der Waals surface area contributed by atoms with E-state index in [1.807, 2.05) is 12.4 Å². The van der Waals surface area contributed by atoms with E-state index in [1.165, 1.54) is 36.8 Å². The van der Waals surface area contributed by atoms with Gasteiger partial charge in [-0.3, -0.25) is 4.98 Å². The van der Waals surface area contributed by atoms with Gasteiger partial charge >= 0.3 is 0 Å². The summed E-state index contributed by atoms with van der Waals surface area (Å²) < 4.78 is 0. The van der Waals surface area contributed by atoms with Crippen molar-refractivity contribution in [1.82, 2.24) is 4.98 Å². The molecule has 68 valence electrons. The highest BCUT2D eigenvalue weighted by molar-refractivity contribution is 5.57. The Morgan fingerprint density at radius 3 is 1.85 bits per heavy atom. The van der Waals surface area contributed by atoms with E-state index < -0.39 is 0 Å². The number of nitrogen functional groups attached to an aromatic ring is 1. The fourth-order valence-corrected chi connectivity index (χ4v) is 1.94. The van der Waals surface area contributed by atoms with Crippen molar-refractivity contribution in [3.8, 4) is 0 Å². The fraction of sp³-hybridized carbons (Fsp3) is 0.545. The Morgan fingerprint density at radius 1 is 1.00 bits per heavy atom. The highest BCUT2D eigenvalue weighted by Crippen LogP contribution is 2.48. The van der Waals surface area contributed by atoms with Crippen molar-refractivity contribution >= 4 is 5.69 Å². The molecule has 2 fully saturated rings. The second-order valence-electron chi connectivity index (χ2n) is 4.28. The molecule has 0 aliphatic heterocycles. The van der Waals surface area contributed by atoms with E-state index >= 15 is 0 Å². The molecular weight excluding hydrogens is 160 g/mol. The minimum Gasteiger partial charge on any atom is -0.398 e. The van der Waals surface area contributed by atoms with Crippen LogP contribution in [0.2, 0.25) is 0 Å². The van der Waals surface area contributed by atoms with Crippen molar-refractivity contribution in [2.75, 3.05) is 5.73 Å². The van der Waals surface area contributed by atoms with Crippen molar-refractivity contribution in [2.24, 2.45) is 0 Å². The fourth-order valence-electron chi connectivity index (χ4n) is 1.94. The summed E-state index contributed by atoms with van der Waals surface area (Å²) in [5.41, 5.74) is 9.79. The molecule has 1 aromatic heterocycles. The number of rotatable bonds is 2. The van der Waals surface area contributed by atoms with Crippen molar-refractivity contribution in [3.05, 3.63) is 23.5 Å². The van der Waals surface area contributed by atoms with Crippen LogP contribution in [-0.4, -0.2) is 4.98 Å². The number of anilines is 1. The molecule has 0 aromatic carbocycles. The Hall–Kier alpha value is -1.05. The first kappa shape index (κ1) is 7.36. The second-order valence-corrected chi connectivity index (χ2v) is 4.28. The summed E-state index contributed by atoms with van der Waals surface area (Å²) in [4.78, 5) is 4.29. The van der Waals surface area contributed by atoms with Crippen LogP contribution in [0.25, 0.3) is 0 Å². The molecule has 2 nitrogen and oxygen atoms in total. The molecule has 0 atom stereocenters. The maximum atomic E-state index is 6.13. The minimum atomic E-state index is 0.728. The van der Waals surface area contributed by atoms with Gasteiger partial charge < -0.3 is 5.73 Å². The Morgan fingerprint density at radius 2 is 1.46 bits per heavy atom. The third kappa shape index (κ3) is 1.21. The van der Waals surface area contributed by atoms with Crippen molar-refractivity contribution in [2.45, 2.75) is 37.5 Å². The third-order valence-corrected chi connectivity index (χ3v) is 3.08. The average Bonchev–Trinajstić information content (AvgIpc) is 3.00. The minimum absolute atomic E-state index is 0.728. The molecule has 13 heavy (non-hydrogen) atoms. The van der Waals surface area contributed by atoms with Crippen molar-refractivity contribution in [3.63, 3.8) is 0 Å². The van der Waals surface area contributed by atoms with Crippen molar-refractivity contribution < 1.29 is 0 Å². The largest absolute Gasteiger partial charge is 0.398 e. The normalized spacial score (nSPS) is 21.8. The maximum absolute atomic E-state index is 6.13. The zero-order chi connectivity index (χ0) is 8.84. The lowest BCUT2D eigenvalue weighted by atomic mass is 10.0. The molecule has 2 heteroatoms. The quantitative estimate of drug-likeness (QED) is 0.747. The number of hydrogen-bond acceptors (Lipinski definition) is 2. The molecule has 2 saturated carbocycles. The van der Waals surface area contributed by atoms with Gasteiger partial charge in [-0.25, -0.2) is 0 Å². The molecule has 1 aromatic rings. The molecule has 0 saturated heterocycles. The molecule has 1 heterocycles. The summed E-state index contributed by atoms with van der Waals surface area (Å²) in [6, 6.07) is 0. The molecule has 2 aliphatic rings. The van der Waals surface area contributed by atoms with Gasteiger partial charge in [-0.2, -0.15) is 0 Å². The molecule has 0 spiro atoms. The lowest BCUT2D eigenvalue weighted by Crippen LogP contribution is -1.99. The first-order valence-corrected chi connectivity index (χ1v) is 5.09. The van der Waals surface area contributed by atoms with Gasteiger partial charge in [0, 0.05) is 18.1 Å². The standard InChI is InChI=1S/C11H14N2/c12-11-9(7-1-2-7)5-13-6-10(11)8-3-4-8/h5-8H,1-4H2,(H2,12,13). The molecule has 0 unspecified atom stereocenters. The average molecular weight is 174 g/mol. The molecule has 2 N–H and O–H groups in total. The van der Waals surface area contributed by atoms with Gasteiger partial charge in [-0.1, -0.05) is 0 Å². The predicted molar refractivity (Wildman–Crippen MR) is 52.6 cm³/mol. The van der Waals surface area contributed by atoms with Gasteiger partial charge in [0.05, 0.1) is 0 Å². The van der Waals surface area contributed by atoms with Crippen LogP contribution in [0.15, 0.2) is 12.4 Å². The number of nitrogens with zero attached hydrogens (tertiary/aromatic N) is 1. The van der Waals surface area contributed by atoms with Crippen LogP contribution in [0.4, 0.5) is 5.69 Å². The second kappa shape index (κ2) is 2.47. The topological polar surface area (TPSA) is 38.9 Å². The highest BCUT2D eigenvalue weighted by Gasteiger charge is 2.31. The van der Waals surface area contributed by atoms with E-state index in [2.05, 4.69) is 4.98 Å². The van der Waals surface area contributed by atoms with E-state index in [0.29, 0.717) is 0 Å². The van der Waals surface area contributed by atoms with E-state index in [1.54, 1.807) is 0 Å². The summed E-state index contributed by atoms with van der Waals surface area (Å²) in [6.07, 6.45) is 9.14. The van der Waals surface area contributed by atoms with Crippen LogP contribution < -0.4 is 5.73 Å². The van der Waals surface area contributed by atoms with Crippen LogP contribution in [-0.2, 0) is 0 Å². The van der Waals surface area contributed by atoms with Gasteiger partial charge in [-0.15, -0.1) is 0 Å². The summed E-state index contributed by atoms with van der Waals surface area (Å²) in [7, 11) is 0. The van der Waals surface area contributed by atoms with Crippen LogP contribution in [0.5, 0.6) is 0 Å². The molecule has 3 rings (SSSR count). The van der Waals surface area contributed by atoms with Gasteiger partial charge in [0.2, 0.25) is 0 Å². The Labute approximate surface area is 78.2 Å². The zero-order valence-electron chi connectivity index (χ0n) is 7.66. The molecule has 2 aliphatic carbocycles. The summed E-state index contributed by atoms with van der Waals surface area (Å²) >= 11 is 0. The van der Waals surface area contributed by atoms with E-state index in [4.69, 9.17) is 5.73 Å². The van der Waals surface area contributed by atoms with Crippen LogP contribution in [0.1, 0.15) is 48.6 Å². The smallest absolute Gasteiger partial charge is 0.0415 e. The summed E-state index contributed by atoms with van der Waals surface area (Å²) in [5, 5.41) is 0. The van der Waals surface area contributed by atoms with Gasteiger partial charge in [0.25, 0.3) is 0 Å². The number of hydrogen-bond donors (Lipinski definition) is 1. The lowest BCUT2D eigenvalue weighted by Gasteiger charge is -2.08. The van der Waals surface area contributed by atoms with E-state index in [9.17, 15) is 0 Å². The molecule has 0 radical (unpaired) electrons. The number of pyridine rings is 1. The monoisotopic (exact) mass is 174 g/mol. The Kier molecular flexibility index (Phi) is 1.40. The SMILES string of the molecule is Nc1c(C2CC2)cncc1C1CC1.